The zero-order valence-electron chi connectivity index (χ0n) is 8.37. The van der Waals surface area contributed by atoms with Gasteiger partial charge in [0.25, 0.3) is 0 Å². The van der Waals surface area contributed by atoms with Gasteiger partial charge in [-0.25, -0.2) is 0 Å². The lowest BCUT2D eigenvalue weighted by molar-refractivity contribution is -0.118. The number of ketones is 1. The van der Waals surface area contributed by atoms with Gasteiger partial charge in [0.15, 0.2) is 5.78 Å². The van der Waals surface area contributed by atoms with E-state index in [1.165, 1.54) is 31.3 Å². The van der Waals surface area contributed by atoms with Gasteiger partial charge < -0.3 is 0 Å². The fraction of sp³-hybridized carbons (Fsp3) is 0.750. The van der Waals surface area contributed by atoms with E-state index in [2.05, 4.69) is 11.8 Å². The first-order chi connectivity index (χ1) is 6.86. The first kappa shape index (κ1) is 9.02. The molecule has 0 aromatic heterocycles. The molecule has 2 fully saturated rings. The molecule has 0 N–H and O–H groups in total. The van der Waals surface area contributed by atoms with E-state index in [0.717, 1.165) is 17.4 Å². The summed E-state index contributed by atoms with van der Waals surface area (Å²) in [6, 6.07) is 0. The zero-order chi connectivity index (χ0) is 9.54. The van der Waals surface area contributed by atoms with Crippen LogP contribution in [0.1, 0.15) is 32.1 Å². The number of thioether (sulfide) groups is 1. The number of hydrogen-bond acceptors (Lipinski definition) is 2. The second-order valence-electron chi connectivity index (χ2n) is 4.74. The van der Waals surface area contributed by atoms with E-state index in [1.807, 2.05) is 6.08 Å². The topological polar surface area (TPSA) is 17.1 Å². The van der Waals surface area contributed by atoms with E-state index < -0.39 is 0 Å². The van der Waals surface area contributed by atoms with Crippen molar-refractivity contribution in [2.45, 2.75) is 37.4 Å². The first-order valence-electron chi connectivity index (χ1n) is 5.72. The molecular formula is C12H16OS. The summed E-state index contributed by atoms with van der Waals surface area (Å²) in [4.78, 5) is 11.8. The minimum Gasteiger partial charge on any atom is -0.295 e. The van der Waals surface area contributed by atoms with Crippen molar-refractivity contribution in [2.24, 2.45) is 11.8 Å². The van der Waals surface area contributed by atoms with E-state index >= 15 is 0 Å². The van der Waals surface area contributed by atoms with Crippen molar-refractivity contribution in [1.82, 2.24) is 0 Å². The number of carbonyl (C=O) groups excluding carboxylic acids is 1. The third kappa shape index (κ3) is 1.27. The molecule has 1 heterocycles. The smallest absolute Gasteiger partial charge is 0.159 e. The molecule has 76 valence electrons. The Kier molecular flexibility index (Phi) is 2.19. The van der Waals surface area contributed by atoms with Crippen LogP contribution >= 0.6 is 11.8 Å². The summed E-state index contributed by atoms with van der Waals surface area (Å²) in [6.45, 7) is 0. The Labute approximate surface area is 89.3 Å². The highest BCUT2D eigenvalue weighted by atomic mass is 32.2. The van der Waals surface area contributed by atoms with Crippen molar-refractivity contribution in [1.29, 1.82) is 0 Å². The molecule has 3 atom stereocenters. The lowest BCUT2D eigenvalue weighted by Crippen LogP contribution is -2.25. The average Bonchev–Trinajstić information content (AvgIpc) is 2.59. The fourth-order valence-corrected chi connectivity index (χ4v) is 4.82. The molecule has 1 saturated carbocycles. The molecule has 3 rings (SSSR count). The maximum atomic E-state index is 11.8. The van der Waals surface area contributed by atoms with Crippen LogP contribution in [0.15, 0.2) is 11.6 Å². The summed E-state index contributed by atoms with van der Waals surface area (Å²) in [5, 5.41) is 0.776. The number of hydrogen-bond donors (Lipinski definition) is 0. The zero-order valence-corrected chi connectivity index (χ0v) is 9.19. The van der Waals surface area contributed by atoms with E-state index in [1.54, 1.807) is 0 Å². The Morgan fingerprint density at radius 1 is 1.21 bits per heavy atom. The standard InChI is InChI=1S/C12H16OS/c13-10-6-8-7-14-11-5-3-1-2-4-9(10)12(8)11/h6,9,11-12H,1-5,7H2/t9-,11+,12+/m0/s1. The van der Waals surface area contributed by atoms with Gasteiger partial charge in [-0.15, -0.1) is 0 Å². The van der Waals surface area contributed by atoms with E-state index in [4.69, 9.17) is 0 Å². The summed E-state index contributed by atoms with van der Waals surface area (Å²) < 4.78 is 0. The normalized spacial score (nSPS) is 41.6. The molecule has 0 unspecified atom stereocenters. The third-order valence-corrected chi connectivity index (χ3v) is 5.38. The minimum absolute atomic E-state index is 0.380. The van der Waals surface area contributed by atoms with Gasteiger partial charge in [-0.05, 0) is 18.9 Å². The van der Waals surface area contributed by atoms with Gasteiger partial charge in [-0.3, -0.25) is 4.79 Å². The summed E-state index contributed by atoms with van der Waals surface area (Å²) in [6.07, 6.45) is 8.45. The Morgan fingerprint density at radius 2 is 2.07 bits per heavy atom. The summed E-state index contributed by atoms with van der Waals surface area (Å²) in [5.74, 6) is 2.60. The van der Waals surface area contributed by atoms with Gasteiger partial charge in [-0.2, -0.15) is 11.8 Å². The van der Waals surface area contributed by atoms with Crippen molar-refractivity contribution < 1.29 is 4.79 Å². The molecule has 0 aromatic rings. The summed E-state index contributed by atoms with van der Waals surface area (Å²) in [5.41, 5.74) is 1.47. The van der Waals surface area contributed by atoms with E-state index in [0.29, 0.717) is 17.6 Å². The molecule has 0 aromatic carbocycles. The van der Waals surface area contributed by atoms with Crippen LogP contribution in [0.5, 0.6) is 0 Å². The lowest BCUT2D eigenvalue weighted by atomic mass is 9.81. The van der Waals surface area contributed by atoms with Crippen LogP contribution in [0.3, 0.4) is 0 Å². The molecule has 0 bridgehead atoms. The van der Waals surface area contributed by atoms with E-state index in [9.17, 15) is 4.79 Å². The molecule has 0 amide bonds. The van der Waals surface area contributed by atoms with Crippen molar-refractivity contribution >= 4 is 17.5 Å². The van der Waals surface area contributed by atoms with E-state index in [-0.39, 0.29) is 0 Å². The quantitative estimate of drug-likeness (QED) is 0.609. The largest absolute Gasteiger partial charge is 0.295 e. The third-order valence-electron chi connectivity index (χ3n) is 3.92. The Morgan fingerprint density at radius 3 is 3.00 bits per heavy atom. The van der Waals surface area contributed by atoms with Gasteiger partial charge in [0.05, 0.1) is 0 Å². The number of rotatable bonds is 0. The van der Waals surface area contributed by atoms with Crippen LogP contribution in [0.2, 0.25) is 0 Å². The predicted octanol–water partition coefficient (Wildman–Crippen LogP) is 2.81. The molecule has 2 aliphatic carbocycles. The Bertz CT molecular complexity index is 295. The van der Waals surface area contributed by atoms with Gasteiger partial charge in [0.2, 0.25) is 0 Å². The highest BCUT2D eigenvalue weighted by Crippen LogP contribution is 2.49. The molecule has 1 nitrogen and oxygen atoms in total. The van der Waals surface area contributed by atoms with Crippen molar-refractivity contribution in [2.75, 3.05) is 5.75 Å². The molecule has 3 aliphatic rings. The number of allylic oxidation sites excluding steroid dienone is 1. The SMILES string of the molecule is O=C1C=C2CS[C@@H]3CCCCC[C@@H]1[C@@H]23. The van der Waals surface area contributed by atoms with Crippen LogP contribution in [-0.2, 0) is 4.79 Å². The molecule has 0 radical (unpaired) electrons. The Hall–Kier alpha value is -0.240. The maximum absolute atomic E-state index is 11.8. The van der Waals surface area contributed by atoms with Crippen LogP contribution < -0.4 is 0 Å². The highest BCUT2D eigenvalue weighted by Gasteiger charge is 2.44. The van der Waals surface area contributed by atoms with Crippen molar-refractivity contribution in [3.63, 3.8) is 0 Å². The molecule has 1 saturated heterocycles. The van der Waals surface area contributed by atoms with Gasteiger partial charge in [0, 0.05) is 22.8 Å². The molecule has 1 aliphatic heterocycles. The first-order valence-corrected chi connectivity index (χ1v) is 6.77. The Balaban J connectivity index is 1.91. The van der Waals surface area contributed by atoms with Gasteiger partial charge in [-0.1, -0.05) is 24.8 Å². The monoisotopic (exact) mass is 208 g/mol. The van der Waals surface area contributed by atoms with Gasteiger partial charge in [0.1, 0.15) is 0 Å². The highest BCUT2D eigenvalue weighted by molar-refractivity contribution is 8.00. The molecule has 14 heavy (non-hydrogen) atoms. The maximum Gasteiger partial charge on any atom is 0.159 e. The van der Waals surface area contributed by atoms with Crippen molar-refractivity contribution in [3.8, 4) is 0 Å². The van der Waals surface area contributed by atoms with Crippen LogP contribution in [-0.4, -0.2) is 16.8 Å². The van der Waals surface area contributed by atoms with Crippen LogP contribution in [0, 0.1) is 11.8 Å². The van der Waals surface area contributed by atoms with Gasteiger partial charge >= 0.3 is 0 Å². The number of carbonyl (C=O) groups is 1. The second kappa shape index (κ2) is 3.41. The summed E-state index contributed by atoms with van der Waals surface area (Å²) >= 11 is 2.09. The fourth-order valence-electron chi connectivity index (χ4n) is 3.24. The molecule has 0 spiro atoms. The average molecular weight is 208 g/mol. The summed E-state index contributed by atoms with van der Waals surface area (Å²) in [7, 11) is 0. The van der Waals surface area contributed by atoms with Crippen LogP contribution in [0.4, 0.5) is 0 Å². The molecular weight excluding hydrogens is 192 g/mol. The predicted molar refractivity (Wildman–Crippen MR) is 59.4 cm³/mol. The lowest BCUT2D eigenvalue weighted by Gasteiger charge is -2.25. The second-order valence-corrected chi connectivity index (χ2v) is 5.97. The molecule has 2 heteroatoms. The minimum atomic E-state index is 0.380. The van der Waals surface area contributed by atoms with Crippen LogP contribution in [0.25, 0.3) is 0 Å². The van der Waals surface area contributed by atoms with Crippen molar-refractivity contribution in [3.05, 3.63) is 11.6 Å².